The molecule has 1 fully saturated rings. The summed E-state index contributed by atoms with van der Waals surface area (Å²) in [6.07, 6.45) is 5.66. The van der Waals surface area contributed by atoms with Crippen LogP contribution in [0.1, 0.15) is 12.8 Å². The molecular weight excluding hydrogens is 562 g/mol. The summed E-state index contributed by atoms with van der Waals surface area (Å²) in [5, 5.41) is 16.4. The number of rotatable bonds is 2. The molecule has 0 unspecified atom stereocenters. The number of aromatic nitrogens is 2. The molecule has 3 heterocycles. The fourth-order valence-electron chi connectivity index (χ4n) is 3.57. The number of pyridine rings is 2. The molecule has 6 nitrogen and oxygen atoms in total. The number of fused-ring (bicyclic) bond motifs is 2. The van der Waals surface area contributed by atoms with Gasteiger partial charge in [0.2, 0.25) is 0 Å². The molecule has 1 aliphatic rings. The fourth-order valence-corrected chi connectivity index (χ4v) is 4.84. The number of benzene rings is 2. The van der Waals surface area contributed by atoms with Gasteiger partial charge in [0.05, 0.1) is 8.95 Å². The zero-order valence-electron chi connectivity index (χ0n) is 16.9. The standard InChI is InChI=1S/C14H15BrN2O2.C9H5BrClNO/c15-13-10-5-7-17-14(18)11(10)3-4-12(13)19-9-2-1-6-16-8-9;10-8-5-3-4-12-9(11)6(5)1-2-7(8)13/h3-5,7,9,16H,1-2,6,8H2,(H,17,18);1-4,13H/t9-;/m0./s1. The maximum atomic E-state index is 11.7. The third-order valence-electron chi connectivity index (χ3n) is 5.21. The molecule has 3 N–H and O–H groups in total. The smallest absolute Gasteiger partial charge is 0.255 e. The molecule has 0 aliphatic carbocycles. The maximum Gasteiger partial charge on any atom is 0.255 e. The topological polar surface area (TPSA) is 87.2 Å². The van der Waals surface area contributed by atoms with Crippen molar-refractivity contribution in [2.75, 3.05) is 13.1 Å². The first-order valence-electron chi connectivity index (χ1n) is 10.0. The third-order valence-corrected chi connectivity index (χ3v) is 7.16. The summed E-state index contributed by atoms with van der Waals surface area (Å²) < 4.78 is 7.51. The van der Waals surface area contributed by atoms with Gasteiger partial charge in [-0.05, 0) is 87.6 Å². The summed E-state index contributed by atoms with van der Waals surface area (Å²) in [4.78, 5) is 18.3. The van der Waals surface area contributed by atoms with E-state index in [0.717, 1.165) is 52.3 Å². The Hall–Kier alpha value is -2.13. The molecule has 2 aromatic heterocycles. The van der Waals surface area contributed by atoms with E-state index in [9.17, 15) is 9.90 Å². The second-order valence-electron chi connectivity index (χ2n) is 7.33. The van der Waals surface area contributed by atoms with Gasteiger partial charge in [-0.25, -0.2) is 4.98 Å². The van der Waals surface area contributed by atoms with Gasteiger partial charge in [-0.1, -0.05) is 11.6 Å². The van der Waals surface area contributed by atoms with Crippen molar-refractivity contribution in [2.45, 2.75) is 18.9 Å². The Labute approximate surface area is 206 Å². The number of nitrogens with one attached hydrogen (secondary N) is 2. The minimum absolute atomic E-state index is 0.0796. The number of hydrogen-bond donors (Lipinski definition) is 3. The van der Waals surface area contributed by atoms with Crippen molar-refractivity contribution in [3.63, 3.8) is 0 Å². The van der Waals surface area contributed by atoms with Crippen LogP contribution in [0.2, 0.25) is 5.15 Å². The summed E-state index contributed by atoms with van der Waals surface area (Å²) in [5.41, 5.74) is -0.0796. The van der Waals surface area contributed by atoms with Crippen molar-refractivity contribution in [3.05, 3.63) is 73.2 Å². The Kier molecular flexibility index (Phi) is 7.35. The molecule has 32 heavy (non-hydrogen) atoms. The number of piperidine rings is 1. The number of ether oxygens (including phenoxy) is 1. The van der Waals surface area contributed by atoms with Crippen LogP contribution in [-0.2, 0) is 0 Å². The monoisotopic (exact) mass is 579 g/mol. The zero-order chi connectivity index (χ0) is 22.7. The first-order valence-corrected chi connectivity index (χ1v) is 12.0. The molecule has 1 saturated heterocycles. The highest BCUT2D eigenvalue weighted by molar-refractivity contribution is 9.11. The van der Waals surface area contributed by atoms with Crippen LogP contribution in [0.15, 0.2) is 62.5 Å². The van der Waals surface area contributed by atoms with Gasteiger partial charge in [-0.2, -0.15) is 0 Å². The maximum absolute atomic E-state index is 11.7. The van der Waals surface area contributed by atoms with Gasteiger partial charge in [0, 0.05) is 40.5 Å². The van der Waals surface area contributed by atoms with E-state index in [-0.39, 0.29) is 17.4 Å². The molecule has 0 bridgehead atoms. The largest absolute Gasteiger partial charge is 0.507 e. The van der Waals surface area contributed by atoms with Crippen molar-refractivity contribution >= 4 is 65.0 Å². The van der Waals surface area contributed by atoms with Crippen LogP contribution in [0.3, 0.4) is 0 Å². The molecule has 1 atom stereocenters. The highest BCUT2D eigenvalue weighted by Crippen LogP contribution is 2.34. The number of nitrogens with zero attached hydrogens (tertiary/aromatic N) is 1. The number of aromatic hydroxyl groups is 1. The van der Waals surface area contributed by atoms with E-state index in [1.165, 1.54) is 0 Å². The van der Waals surface area contributed by atoms with Gasteiger partial charge in [0.15, 0.2) is 0 Å². The van der Waals surface area contributed by atoms with Crippen molar-refractivity contribution in [3.8, 4) is 11.5 Å². The van der Waals surface area contributed by atoms with E-state index in [2.05, 4.69) is 47.1 Å². The first-order chi connectivity index (χ1) is 15.5. The Morgan fingerprint density at radius 3 is 2.59 bits per heavy atom. The predicted molar refractivity (Wildman–Crippen MR) is 135 cm³/mol. The highest BCUT2D eigenvalue weighted by atomic mass is 79.9. The average molecular weight is 582 g/mol. The molecule has 9 heteroatoms. The SMILES string of the molecule is O=c1[nH]ccc2c(Br)c(O[C@H]3CCCNC3)ccc12.Oc1ccc2c(Cl)nccc2c1Br. The van der Waals surface area contributed by atoms with Crippen LogP contribution in [0.25, 0.3) is 21.5 Å². The van der Waals surface area contributed by atoms with Crippen LogP contribution in [0.5, 0.6) is 11.5 Å². The third kappa shape index (κ3) is 4.93. The molecule has 5 rings (SSSR count). The molecule has 0 amide bonds. The van der Waals surface area contributed by atoms with Gasteiger partial charge in [-0.3, -0.25) is 4.79 Å². The molecule has 0 radical (unpaired) electrons. The fraction of sp³-hybridized carbons (Fsp3) is 0.217. The lowest BCUT2D eigenvalue weighted by molar-refractivity contribution is 0.166. The molecule has 0 spiro atoms. The zero-order valence-corrected chi connectivity index (χ0v) is 20.8. The minimum Gasteiger partial charge on any atom is -0.507 e. The number of halogens is 3. The second-order valence-corrected chi connectivity index (χ2v) is 9.27. The van der Waals surface area contributed by atoms with Crippen molar-refractivity contribution in [1.82, 2.24) is 15.3 Å². The lowest BCUT2D eigenvalue weighted by atomic mass is 10.1. The summed E-state index contributed by atoms with van der Waals surface area (Å²) in [6.45, 7) is 1.94. The number of H-pyrrole nitrogens is 1. The van der Waals surface area contributed by atoms with Gasteiger partial charge >= 0.3 is 0 Å². The Balaban J connectivity index is 0.000000165. The van der Waals surface area contributed by atoms with Gasteiger partial charge < -0.3 is 20.1 Å². The summed E-state index contributed by atoms with van der Waals surface area (Å²) in [6, 6.07) is 10.7. The lowest BCUT2D eigenvalue weighted by Gasteiger charge is -2.24. The van der Waals surface area contributed by atoms with E-state index >= 15 is 0 Å². The predicted octanol–water partition coefficient (Wildman–Crippen LogP) is 5.78. The summed E-state index contributed by atoms with van der Waals surface area (Å²) >= 11 is 12.7. The summed E-state index contributed by atoms with van der Waals surface area (Å²) in [5.74, 6) is 1.00. The number of phenolic OH excluding ortho intramolecular Hbond substituents is 1. The summed E-state index contributed by atoms with van der Waals surface area (Å²) in [7, 11) is 0. The van der Waals surface area contributed by atoms with Crippen molar-refractivity contribution < 1.29 is 9.84 Å². The van der Waals surface area contributed by atoms with E-state index in [0.29, 0.717) is 15.0 Å². The average Bonchev–Trinajstić information content (AvgIpc) is 2.80. The second kappa shape index (κ2) is 10.2. The van der Waals surface area contributed by atoms with Gasteiger partial charge in [-0.15, -0.1) is 0 Å². The highest BCUT2D eigenvalue weighted by Gasteiger charge is 2.17. The molecule has 0 saturated carbocycles. The van der Waals surface area contributed by atoms with Crippen LogP contribution in [0, 0.1) is 0 Å². The van der Waals surface area contributed by atoms with Gasteiger partial charge in [0.1, 0.15) is 22.8 Å². The van der Waals surface area contributed by atoms with Crippen LogP contribution in [0.4, 0.5) is 0 Å². The van der Waals surface area contributed by atoms with Crippen LogP contribution >= 0.6 is 43.5 Å². The van der Waals surface area contributed by atoms with Crippen LogP contribution in [-0.4, -0.2) is 34.3 Å². The number of hydrogen-bond acceptors (Lipinski definition) is 5. The molecular formula is C23H20Br2ClN3O3. The van der Waals surface area contributed by atoms with Crippen molar-refractivity contribution in [1.29, 1.82) is 0 Å². The van der Waals surface area contributed by atoms with E-state index in [1.807, 2.05) is 18.2 Å². The van der Waals surface area contributed by atoms with E-state index in [1.54, 1.807) is 30.6 Å². The quantitative estimate of drug-likeness (QED) is 0.262. The first kappa shape index (κ1) is 23.0. The normalized spacial score (nSPS) is 15.9. The van der Waals surface area contributed by atoms with Gasteiger partial charge in [0.25, 0.3) is 5.56 Å². The minimum atomic E-state index is -0.0796. The molecule has 4 aromatic rings. The lowest BCUT2D eigenvalue weighted by Crippen LogP contribution is -2.37. The van der Waals surface area contributed by atoms with E-state index < -0.39 is 0 Å². The molecule has 166 valence electrons. The Morgan fingerprint density at radius 2 is 1.81 bits per heavy atom. The molecule has 2 aromatic carbocycles. The van der Waals surface area contributed by atoms with E-state index in [4.69, 9.17) is 16.3 Å². The van der Waals surface area contributed by atoms with Crippen molar-refractivity contribution in [2.24, 2.45) is 0 Å². The number of aromatic amines is 1. The Bertz CT molecular complexity index is 1320. The number of phenols is 1. The Morgan fingerprint density at radius 1 is 1.03 bits per heavy atom. The van der Waals surface area contributed by atoms with Crippen LogP contribution < -0.4 is 15.6 Å². The molecule has 1 aliphatic heterocycles.